The van der Waals surface area contributed by atoms with Gasteiger partial charge in [0.05, 0.1) is 11.7 Å². The topological polar surface area (TPSA) is 76.1 Å². The maximum Gasteiger partial charge on any atom is 0.410 e. The highest BCUT2D eigenvalue weighted by atomic mass is 16.6. The second kappa shape index (κ2) is 4.35. The molecule has 0 aromatic heterocycles. The van der Waals surface area contributed by atoms with Crippen molar-refractivity contribution in [1.29, 1.82) is 0 Å². The number of hydrogen-bond acceptors (Lipinski definition) is 4. The lowest BCUT2D eigenvalue weighted by molar-refractivity contribution is -0.160. The summed E-state index contributed by atoms with van der Waals surface area (Å²) in [6, 6.07) is 0. The fourth-order valence-electron chi connectivity index (χ4n) is 3.95. The van der Waals surface area contributed by atoms with Gasteiger partial charge in [-0.1, -0.05) is 0 Å². The molecule has 0 aromatic carbocycles. The number of amides is 1. The zero-order valence-electron chi connectivity index (χ0n) is 12.8. The van der Waals surface area contributed by atoms with E-state index in [4.69, 9.17) is 9.47 Å². The van der Waals surface area contributed by atoms with Crippen LogP contribution >= 0.6 is 0 Å². The Morgan fingerprint density at radius 3 is 2.29 bits per heavy atom. The fraction of sp³-hybridized carbons (Fsp3) is 0.867. The fourth-order valence-corrected chi connectivity index (χ4v) is 3.95. The van der Waals surface area contributed by atoms with Crippen molar-refractivity contribution < 1.29 is 24.2 Å². The molecule has 0 unspecified atom stereocenters. The third kappa shape index (κ3) is 2.11. The van der Waals surface area contributed by atoms with Crippen LogP contribution in [-0.4, -0.2) is 52.5 Å². The Hall–Kier alpha value is -1.30. The number of nitrogens with zero attached hydrogens (tertiary/aromatic N) is 1. The molecular weight excluding hydrogens is 274 g/mol. The Balaban J connectivity index is 1.66. The first-order valence-electron chi connectivity index (χ1n) is 7.57. The van der Waals surface area contributed by atoms with Gasteiger partial charge in [0.1, 0.15) is 11.0 Å². The third-order valence-corrected chi connectivity index (χ3v) is 5.05. The van der Waals surface area contributed by atoms with Crippen molar-refractivity contribution >= 4 is 12.1 Å². The number of likely N-dealkylation sites (tertiary alicyclic amines) is 1. The average Bonchev–Trinajstić information content (AvgIpc) is 2.76. The van der Waals surface area contributed by atoms with Crippen LogP contribution in [0.3, 0.4) is 0 Å². The Morgan fingerprint density at radius 1 is 1.24 bits per heavy atom. The molecule has 21 heavy (non-hydrogen) atoms. The number of rotatable bonds is 1. The number of aliphatic carboxylic acids is 1. The molecule has 1 N–H and O–H groups in total. The van der Waals surface area contributed by atoms with Gasteiger partial charge < -0.3 is 19.5 Å². The van der Waals surface area contributed by atoms with Gasteiger partial charge in [0.2, 0.25) is 0 Å². The Bertz CT molecular complexity index is 467. The molecule has 0 aromatic rings. The van der Waals surface area contributed by atoms with Crippen molar-refractivity contribution in [3.8, 4) is 0 Å². The van der Waals surface area contributed by atoms with E-state index in [1.54, 1.807) is 4.90 Å². The first-order chi connectivity index (χ1) is 9.67. The van der Waals surface area contributed by atoms with Crippen molar-refractivity contribution in [3.63, 3.8) is 0 Å². The van der Waals surface area contributed by atoms with Gasteiger partial charge >= 0.3 is 12.1 Å². The highest BCUT2D eigenvalue weighted by molar-refractivity contribution is 5.79. The Morgan fingerprint density at radius 2 is 1.81 bits per heavy atom. The van der Waals surface area contributed by atoms with Crippen molar-refractivity contribution in [2.45, 2.75) is 63.8 Å². The quantitative estimate of drug-likeness (QED) is 0.801. The van der Waals surface area contributed by atoms with Crippen molar-refractivity contribution in [3.05, 3.63) is 0 Å². The van der Waals surface area contributed by atoms with E-state index in [9.17, 15) is 14.7 Å². The van der Waals surface area contributed by atoms with E-state index in [-0.39, 0.29) is 12.2 Å². The number of hydrogen-bond donors (Lipinski definition) is 1. The van der Waals surface area contributed by atoms with Gasteiger partial charge in [-0.05, 0) is 46.5 Å². The summed E-state index contributed by atoms with van der Waals surface area (Å²) < 4.78 is 11.4. The molecule has 1 aliphatic carbocycles. The standard InChI is InChI=1S/C15H23NO5/c1-13(2,3)21-12(19)16-6-4-15(5-7-16)14(11(17)18)8-10(9-14)20-15/h10H,4-9H2,1-3H3,(H,17,18). The largest absolute Gasteiger partial charge is 0.481 e. The minimum absolute atomic E-state index is 0.0918. The van der Waals surface area contributed by atoms with Crippen LogP contribution in [0.15, 0.2) is 0 Å². The summed E-state index contributed by atoms with van der Waals surface area (Å²) in [5, 5.41) is 9.57. The predicted octanol–water partition coefficient (Wildman–Crippen LogP) is 2.02. The summed E-state index contributed by atoms with van der Waals surface area (Å²) >= 11 is 0. The van der Waals surface area contributed by atoms with Crippen LogP contribution in [0.4, 0.5) is 4.79 Å². The normalized spacial score (nSPS) is 33.7. The molecule has 6 heteroatoms. The zero-order valence-corrected chi connectivity index (χ0v) is 12.8. The van der Waals surface area contributed by atoms with Crippen LogP contribution in [0, 0.1) is 5.41 Å². The smallest absolute Gasteiger partial charge is 0.410 e. The van der Waals surface area contributed by atoms with E-state index in [0.29, 0.717) is 38.8 Å². The number of carbonyl (C=O) groups excluding carboxylic acids is 1. The van der Waals surface area contributed by atoms with E-state index in [1.807, 2.05) is 20.8 Å². The van der Waals surface area contributed by atoms with E-state index in [2.05, 4.69) is 0 Å². The molecule has 1 amide bonds. The molecule has 4 rings (SSSR count). The monoisotopic (exact) mass is 297 g/mol. The van der Waals surface area contributed by atoms with Gasteiger partial charge in [-0.3, -0.25) is 4.79 Å². The second-order valence-electron chi connectivity index (χ2n) is 7.50. The van der Waals surface area contributed by atoms with E-state index >= 15 is 0 Å². The van der Waals surface area contributed by atoms with Crippen LogP contribution in [0.25, 0.3) is 0 Å². The Kier molecular flexibility index (Phi) is 3.03. The SMILES string of the molecule is CC(C)(C)OC(=O)N1CCC2(CC1)OC1CC2(C(=O)O)C1. The van der Waals surface area contributed by atoms with E-state index in [1.165, 1.54) is 0 Å². The molecule has 0 radical (unpaired) electrons. The maximum absolute atomic E-state index is 12.1. The molecule has 4 fully saturated rings. The van der Waals surface area contributed by atoms with Gasteiger partial charge in [0.25, 0.3) is 0 Å². The molecule has 0 atom stereocenters. The van der Waals surface area contributed by atoms with Gasteiger partial charge in [-0.2, -0.15) is 0 Å². The minimum Gasteiger partial charge on any atom is -0.481 e. The molecule has 118 valence electrons. The van der Waals surface area contributed by atoms with Crippen molar-refractivity contribution in [2.24, 2.45) is 5.41 Å². The third-order valence-electron chi connectivity index (χ3n) is 5.05. The number of carbonyl (C=O) groups is 2. The van der Waals surface area contributed by atoms with Crippen LogP contribution in [0.5, 0.6) is 0 Å². The highest BCUT2D eigenvalue weighted by Crippen LogP contribution is 2.64. The molecule has 4 aliphatic rings. The van der Waals surface area contributed by atoms with Crippen LogP contribution < -0.4 is 0 Å². The summed E-state index contributed by atoms with van der Waals surface area (Å²) in [5.74, 6) is -0.748. The first kappa shape index (κ1) is 14.6. The van der Waals surface area contributed by atoms with Crippen LogP contribution in [-0.2, 0) is 14.3 Å². The van der Waals surface area contributed by atoms with Crippen molar-refractivity contribution in [1.82, 2.24) is 4.90 Å². The number of ether oxygens (including phenoxy) is 2. The summed E-state index contributed by atoms with van der Waals surface area (Å²) in [7, 11) is 0. The highest BCUT2D eigenvalue weighted by Gasteiger charge is 2.72. The van der Waals surface area contributed by atoms with E-state index in [0.717, 1.165) is 0 Å². The zero-order chi connectivity index (χ0) is 15.5. The van der Waals surface area contributed by atoms with Gasteiger partial charge in [0.15, 0.2) is 0 Å². The first-order valence-corrected chi connectivity index (χ1v) is 7.57. The van der Waals surface area contributed by atoms with Crippen LogP contribution in [0.2, 0.25) is 0 Å². The van der Waals surface area contributed by atoms with Gasteiger partial charge in [-0.25, -0.2) is 4.79 Å². The molecular formula is C15H23NO5. The second-order valence-corrected chi connectivity index (χ2v) is 7.50. The van der Waals surface area contributed by atoms with Crippen LogP contribution in [0.1, 0.15) is 46.5 Å². The van der Waals surface area contributed by atoms with E-state index < -0.39 is 22.6 Å². The van der Waals surface area contributed by atoms with Gasteiger partial charge in [-0.15, -0.1) is 0 Å². The predicted molar refractivity (Wildman–Crippen MR) is 73.9 cm³/mol. The number of carboxylic acid groups (broad SMARTS) is 1. The Labute approximate surface area is 124 Å². The number of carboxylic acids is 1. The summed E-state index contributed by atoms with van der Waals surface area (Å²) in [4.78, 5) is 25.4. The molecule has 6 nitrogen and oxygen atoms in total. The lowest BCUT2D eigenvalue weighted by atomic mass is 9.58. The molecule has 1 saturated carbocycles. The lowest BCUT2D eigenvalue weighted by Crippen LogP contribution is -2.57. The molecule has 1 spiro atoms. The molecule has 2 bridgehead atoms. The summed E-state index contributed by atoms with van der Waals surface area (Å²) in [6.07, 6.45) is 2.16. The van der Waals surface area contributed by atoms with Gasteiger partial charge in [0, 0.05) is 13.1 Å². The average molecular weight is 297 g/mol. The lowest BCUT2D eigenvalue weighted by Gasteiger charge is -2.45. The van der Waals surface area contributed by atoms with Crippen molar-refractivity contribution in [2.75, 3.05) is 13.1 Å². The summed E-state index contributed by atoms with van der Waals surface area (Å²) in [5.41, 5.74) is -1.82. The summed E-state index contributed by atoms with van der Waals surface area (Å²) in [6.45, 7) is 6.51. The minimum atomic E-state index is -0.748. The molecule has 3 aliphatic heterocycles. The molecule has 3 heterocycles. The number of piperidine rings is 1. The maximum atomic E-state index is 12.1. The molecule has 3 saturated heterocycles.